The summed E-state index contributed by atoms with van der Waals surface area (Å²) in [6.07, 6.45) is 0. The van der Waals surface area contributed by atoms with Crippen LogP contribution in [0.15, 0.2) is 23.1 Å². The fourth-order valence-corrected chi connectivity index (χ4v) is 2.96. The predicted molar refractivity (Wildman–Crippen MR) is 94.9 cm³/mol. The number of thiocarbonyl (C=S) groups is 1. The number of ether oxygens (including phenoxy) is 1. The van der Waals surface area contributed by atoms with Gasteiger partial charge in [-0.05, 0) is 37.3 Å². The number of carbonyl (C=O) groups is 1. The van der Waals surface area contributed by atoms with Crippen molar-refractivity contribution in [3.05, 3.63) is 29.6 Å². The van der Waals surface area contributed by atoms with Crippen molar-refractivity contribution < 1.29 is 22.3 Å². The Bertz CT molecular complexity index is 740. The van der Waals surface area contributed by atoms with E-state index in [0.717, 1.165) is 22.5 Å². The van der Waals surface area contributed by atoms with Crippen molar-refractivity contribution >= 4 is 33.3 Å². The van der Waals surface area contributed by atoms with Crippen LogP contribution in [0.2, 0.25) is 0 Å². The van der Waals surface area contributed by atoms with Crippen LogP contribution >= 0.6 is 12.2 Å². The Kier molecular flexibility index (Phi) is 7.67. The summed E-state index contributed by atoms with van der Waals surface area (Å²) in [5, 5.41) is 2.94. The lowest BCUT2D eigenvalue weighted by molar-refractivity contribution is 0.0939. The van der Waals surface area contributed by atoms with Gasteiger partial charge in [-0.25, -0.2) is 17.1 Å². The third-order valence-electron chi connectivity index (χ3n) is 3.04. The first-order chi connectivity index (χ1) is 11.6. The van der Waals surface area contributed by atoms with Gasteiger partial charge in [0, 0.05) is 27.2 Å². The molecule has 0 aliphatic heterocycles. The fraction of sp³-hybridized carbons (Fsp3) is 0.429. The maximum Gasteiger partial charge on any atom is 0.272 e. The van der Waals surface area contributed by atoms with Crippen molar-refractivity contribution in [1.82, 2.24) is 20.5 Å². The molecule has 0 fully saturated rings. The molecule has 0 saturated carbocycles. The molecule has 0 aliphatic carbocycles. The molecule has 3 N–H and O–H groups in total. The second-order valence-corrected chi connectivity index (χ2v) is 7.90. The van der Waals surface area contributed by atoms with E-state index in [4.69, 9.17) is 17.0 Å². The molecule has 0 saturated heterocycles. The summed E-state index contributed by atoms with van der Waals surface area (Å²) < 4.78 is 43.9. The molecule has 1 aromatic rings. The van der Waals surface area contributed by atoms with Crippen molar-refractivity contribution in [2.45, 2.75) is 17.9 Å². The first-order valence-corrected chi connectivity index (χ1v) is 9.02. The summed E-state index contributed by atoms with van der Waals surface area (Å²) in [4.78, 5) is 11.9. The van der Waals surface area contributed by atoms with E-state index < -0.39 is 27.3 Å². The number of hydrazine groups is 1. The van der Waals surface area contributed by atoms with Crippen LogP contribution in [0.25, 0.3) is 0 Å². The molecule has 1 amide bonds. The average Bonchev–Trinajstić information content (AvgIpc) is 2.52. The van der Waals surface area contributed by atoms with Crippen LogP contribution < -0.4 is 16.2 Å². The summed E-state index contributed by atoms with van der Waals surface area (Å²) in [5.74, 6) is -1.72. The number of methoxy groups -OCH3 is 1. The van der Waals surface area contributed by atoms with E-state index in [2.05, 4.69) is 16.2 Å². The Morgan fingerprint density at radius 2 is 2.00 bits per heavy atom. The Morgan fingerprint density at radius 3 is 2.56 bits per heavy atom. The molecule has 1 atom stereocenters. The second kappa shape index (κ2) is 9.04. The highest BCUT2D eigenvalue weighted by molar-refractivity contribution is 7.89. The third-order valence-corrected chi connectivity index (χ3v) is 5.08. The highest BCUT2D eigenvalue weighted by atomic mass is 32.2. The number of nitrogens with one attached hydrogen (secondary N) is 3. The number of hydrogen-bond acceptors (Lipinski definition) is 5. The van der Waals surface area contributed by atoms with Gasteiger partial charge >= 0.3 is 0 Å². The number of nitrogens with zero attached hydrogens (tertiary/aromatic N) is 1. The second-order valence-electron chi connectivity index (χ2n) is 5.34. The maximum absolute atomic E-state index is 13.9. The van der Waals surface area contributed by atoms with Crippen molar-refractivity contribution in [1.29, 1.82) is 0 Å². The molecule has 0 aliphatic rings. The minimum absolute atomic E-state index is 0.104. The minimum atomic E-state index is -3.79. The van der Waals surface area contributed by atoms with Gasteiger partial charge in [0.05, 0.1) is 17.1 Å². The molecule has 0 aromatic heterocycles. The molecule has 1 aromatic carbocycles. The quantitative estimate of drug-likeness (QED) is 0.470. The molecule has 0 spiro atoms. The van der Waals surface area contributed by atoms with Gasteiger partial charge in [-0.1, -0.05) is 0 Å². The summed E-state index contributed by atoms with van der Waals surface area (Å²) in [6, 6.07) is 2.87. The van der Waals surface area contributed by atoms with E-state index in [-0.39, 0.29) is 16.0 Å². The summed E-state index contributed by atoms with van der Waals surface area (Å²) in [5.41, 5.74) is 4.20. The smallest absolute Gasteiger partial charge is 0.272 e. The molecular weight excluding hydrogens is 371 g/mol. The molecule has 8 nitrogen and oxygen atoms in total. The van der Waals surface area contributed by atoms with Crippen molar-refractivity contribution in [2.75, 3.05) is 27.8 Å². The molecule has 0 heterocycles. The molecule has 1 rings (SSSR count). The largest absolute Gasteiger partial charge is 0.383 e. The highest BCUT2D eigenvalue weighted by Crippen LogP contribution is 2.17. The molecule has 11 heteroatoms. The van der Waals surface area contributed by atoms with E-state index >= 15 is 0 Å². The number of sulfonamides is 1. The number of halogens is 1. The normalized spacial score (nSPS) is 12.6. The van der Waals surface area contributed by atoms with Crippen LogP contribution in [0.5, 0.6) is 0 Å². The highest BCUT2D eigenvalue weighted by Gasteiger charge is 2.21. The van der Waals surface area contributed by atoms with Crippen LogP contribution in [0, 0.1) is 5.82 Å². The van der Waals surface area contributed by atoms with Gasteiger partial charge in [-0.15, -0.1) is 0 Å². The molecule has 0 bridgehead atoms. The van der Waals surface area contributed by atoms with Crippen molar-refractivity contribution in [3.63, 3.8) is 0 Å². The molecule has 0 radical (unpaired) electrons. The Balaban J connectivity index is 2.84. The SMILES string of the molecule is COC[C@H](C)NC(=S)NNC(=O)c1cc(S(=O)(=O)N(C)C)ccc1F. The van der Waals surface area contributed by atoms with Crippen LogP contribution in [0.1, 0.15) is 17.3 Å². The lowest BCUT2D eigenvalue weighted by Crippen LogP contribution is -2.50. The van der Waals surface area contributed by atoms with E-state index in [1.165, 1.54) is 21.2 Å². The van der Waals surface area contributed by atoms with Gasteiger partial charge in [-0.2, -0.15) is 0 Å². The Labute approximate surface area is 151 Å². The number of benzene rings is 1. The number of hydrogen-bond donors (Lipinski definition) is 3. The van der Waals surface area contributed by atoms with Crippen LogP contribution in [-0.2, 0) is 14.8 Å². The van der Waals surface area contributed by atoms with Gasteiger partial charge in [-0.3, -0.25) is 15.6 Å². The Hall–Kier alpha value is -1.82. The first kappa shape index (κ1) is 21.2. The van der Waals surface area contributed by atoms with Gasteiger partial charge in [0.1, 0.15) is 5.82 Å². The van der Waals surface area contributed by atoms with Gasteiger partial charge < -0.3 is 10.1 Å². The zero-order valence-corrected chi connectivity index (χ0v) is 15.9. The molecule has 140 valence electrons. The fourth-order valence-electron chi connectivity index (χ4n) is 1.78. The van der Waals surface area contributed by atoms with E-state index in [9.17, 15) is 17.6 Å². The number of carbonyl (C=O) groups excluding carboxylic acids is 1. The molecular formula is C14H21FN4O4S2. The number of amides is 1. The van der Waals surface area contributed by atoms with Crippen LogP contribution in [0.4, 0.5) is 4.39 Å². The lowest BCUT2D eigenvalue weighted by Gasteiger charge is -2.17. The van der Waals surface area contributed by atoms with Crippen molar-refractivity contribution in [3.8, 4) is 0 Å². The topological polar surface area (TPSA) is 99.8 Å². The van der Waals surface area contributed by atoms with Crippen LogP contribution in [-0.4, -0.2) is 57.6 Å². The van der Waals surface area contributed by atoms with E-state index in [1.54, 1.807) is 0 Å². The van der Waals surface area contributed by atoms with E-state index in [0.29, 0.717) is 6.61 Å². The zero-order valence-electron chi connectivity index (χ0n) is 14.3. The first-order valence-electron chi connectivity index (χ1n) is 7.17. The van der Waals surface area contributed by atoms with Gasteiger partial charge in [0.2, 0.25) is 10.0 Å². The Morgan fingerprint density at radius 1 is 1.36 bits per heavy atom. The standard InChI is InChI=1S/C14H21FN4O4S2/c1-9(8-23-4)16-14(24)18-17-13(20)11-7-10(5-6-12(11)15)25(21,22)19(2)3/h5-7,9H,8H2,1-4H3,(H,17,20)(H2,16,18,24)/t9-/m0/s1. The van der Waals surface area contributed by atoms with Gasteiger partial charge in [0.25, 0.3) is 5.91 Å². The van der Waals surface area contributed by atoms with Gasteiger partial charge in [0.15, 0.2) is 5.11 Å². The molecule has 25 heavy (non-hydrogen) atoms. The summed E-state index contributed by atoms with van der Waals surface area (Å²) in [7, 11) is 0.424. The maximum atomic E-state index is 13.9. The van der Waals surface area contributed by atoms with Crippen molar-refractivity contribution in [2.24, 2.45) is 0 Å². The molecule has 0 unspecified atom stereocenters. The number of rotatable bonds is 6. The summed E-state index contributed by atoms with van der Waals surface area (Å²) in [6.45, 7) is 2.21. The average molecular weight is 392 g/mol. The lowest BCUT2D eigenvalue weighted by atomic mass is 10.2. The summed E-state index contributed by atoms with van der Waals surface area (Å²) >= 11 is 4.98. The minimum Gasteiger partial charge on any atom is -0.383 e. The third kappa shape index (κ3) is 5.88. The van der Waals surface area contributed by atoms with E-state index in [1.807, 2.05) is 6.92 Å². The van der Waals surface area contributed by atoms with Crippen LogP contribution in [0.3, 0.4) is 0 Å². The monoisotopic (exact) mass is 392 g/mol. The predicted octanol–water partition coefficient (Wildman–Crippen LogP) is 0.220. The zero-order chi connectivity index (χ0) is 19.2.